The molecule has 0 heterocycles. The lowest BCUT2D eigenvalue weighted by Crippen LogP contribution is -2.42. The monoisotopic (exact) mass is 318 g/mol. The minimum absolute atomic E-state index is 0.0355. The largest absolute Gasteiger partial charge is 0.337 e. The second-order valence-electron chi connectivity index (χ2n) is 5.46. The molecule has 0 bridgehead atoms. The van der Waals surface area contributed by atoms with Crippen LogP contribution in [0.25, 0.3) is 10.8 Å². The molecule has 4 nitrogen and oxygen atoms in total. The first-order valence-corrected chi connectivity index (χ1v) is 9.09. The van der Waals surface area contributed by atoms with Crippen LogP contribution >= 0.6 is 0 Å². The lowest BCUT2D eigenvalue weighted by Gasteiger charge is -2.15. The van der Waals surface area contributed by atoms with Crippen molar-refractivity contribution in [3.63, 3.8) is 0 Å². The van der Waals surface area contributed by atoms with Gasteiger partial charge in [0.2, 0.25) is 0 Å². The molecule has 2 atom stereocenters. The first-order valence-electron chi connectivity index (χ1n) is 7.36. The van der Waals surface area contributed by atoms with Gasteiger partial charge in [-0.1, -0.05) is 42.5 Å². The molecule has 2 rings (SSSR count). The average molecular weight is 318 g/mol. The molecule has 2 N–H and O–H groups in total. The van der Waals surface area contributed by atoms with Crippen LogP contribution in [0.2, 0.25) is 0 Å². The fourth-order valence-electron chi connectivity index (χ4n) is 2.35. The summed E-state index contributed by atoms with van der Waals surface area (Å²) in [5, 5.41) is 8.05. The van der Waals surface area contributed by atoms with E-state index >= 15 is 0 Å². The second-order valence-corrected chi connectivity index (χ2v) is 7.02. The van der Waals surface area contributed by atoms with Crippen molar-refractivity contribution in [1.82, 2.24) is 10.6 Å². The van der Waals surface area contributed by atoms with Crippen LogP contribution in [-0.2, 0) is 17.2 Å². The summed E-state index contributed by atoms with van der Waals surface area (Å²) in [6.07, 6.45) is 2.40. The number of amides is 2. The van der Waals surface area contributed by atoms with Crippen molar-refractivity contribution in [3.8, 4) is 0 Å². The lowest BCUT2D eigenvalue weighted by molar-refractivity contribution is 0.238. The van der Waals surface area contributed by atoms with Crippen LogP contribution < -0.4 is 10.6 Å². The van der Waals surface area contributed by atoms with Gasteiger partial charge in [-0.3, -0.25) is 4.21 Å². The van der Waals surface area contributed by atoms with Gasteiger partial charge in [0, 0.05) is 35.4 Å². The highest BCUT2D eigenvalue weighted by atomic mass is 32.2. The first-order chi connectivity index (χ1) is 10.5. The van der Waals surface area contributed by atoms with Crippen molar-refractivity contribution < 1.29 is 9.00 Å². The van der Waals surface area contributed by atoms with Crippen molar-refractivity contribution in [2.75, 3.05) is 18.6 Å². The van der Waals surface area contributed by atoms with Gasteiger partial charge in [-0.05, 0) is 29.7 Å². The molecule has 0 unspecified atom stereocenters. The quantitative estimate of drug-likeness (QED) is 0.859. The van der Waals surface area contributed by atoms with Gasteiger partial charge in [-0.25, -0.2) is 4.79 Å². The van der Waals surface area contributed by atoms with Crippen molar-refractivity contribution in [3.05, 3.63) is 48.0 Å². The molecule has 0 aliphatic carbocycles. The van der Waals surface area contributed by atoms with Crippen molar-refractivity contribution in [1.29, 1.82) is 0 Å². The number of carbonyl (C=O) groups excluding carboxylic acids is 1. The SMILES string of the molecule is C[C@H](Cc1ccc2ccccc2c1)NC(=O)NCC[S@](C)=O. The smallest absolute Gasteiger partial charge is 0.315 e. The molecule has 0 aliphatic rings. The van der Waals surface area contributed by atoms with Crippen molar-refractivity contribution >= 4 is 27.6 Å². The molecule has 22 heavy (non-hydrogen) atoms. The molecule has 2 amide bonds. The van der Waals surface area contributed by atoms with Crippen molar-refractivity contribution in [2.45, 2.75) is 19.4 Å². The van der Waals surface area contributed by atoms with E-state index in [1.165, 1.54) is 16.3 Å². The third kappa shape index (κ3) is 5.15. The molecular weight excluding hydrogens is 296 g/mol. The van der Waals surface area contributed by atoms with Crippen molar-refractivity contribution in [2.24, 2.45) is 0 Å². The highest BCUT2D eigenvalue weighted by Gasteiger charge is 2.08. The standard InChI is InChI=1S/C17H22N2O2S/c1-13(19-17(20)18-9-10-22(2)21)11-14-7-8-15-5-3-4-6-16(15)12-14/h3-8,12-13H,9-11H2,1-2H3,(H2,18,19,20)/t13-,22+/m1/s1. The van der Waals surface area contributed by atoms with E-state index in [9.17, 15) is 9.00 Å². The number of nitrogens with one attached hydrogen (secondary N) is 2. The average Bonchev–Trinajstić information content (AvgIpc) is 2.46. The van der Waals surface area contributed by atoms with E-state index in [0.29, 0.717) is 12.3 Å². The molecule has 0 spiro atoms. The first kappa shape index (κ1) is 16.5. The Morgan fingerprint density at radius 1 is 1.18 bits per heavy atom. The van der Waals surface area contributed by atoms with Crippen LogP contribution in [0.5, 0.6) is 0 Å². The number of carbonyl (C=O) groups is 1. The van der Waals surface area contributed by atoms with E-state index in [1.54, 1.807) is 6.26 Å². The zero-order valence-corrected chi connectivity index (χ0v) is 13.8. The van der Waals surface area contributed by atoms with Crippen LogP contribution in [0.1, 0.15) is 12.5 Å². The fraction of sp³-hybridized carbons (Fsp3) is 0.353. The summed E-state index contributed by atoms with van der Waals surface area (Å²) in [5.41, 5.74) is 1.20. The number of hydrogen-bond acceptors (Lipinski definition) is 2. The Hall–Kier alpha value is -1.88. The third-order valence-corrected chi connectivity index (χ3v) is 4.19. The molecule has 2 aromatic rings. The normalized spacial score (nSPS) is 13.5. The molecule has 2 aromatic carbocycles. The van der Waals surface area contributed by atoms with Gasteiger partial charge in [0.25, 0.3) is 0 Å². The minimum Gasteiger partial charge on any atom is -0.337 e. The van der Waals surface area contributed by atoms with E-state index in [-0.39, 0.29) is 12.1 Å². The molecule has 118 valence electrons. The number of rotatable bonds is 6. The summed E-state index contributed by atoms with van der Waals surface area (Å²) >= 11 is 0. The fourth-order valence-corrected chi connectivity index (χ4v) is 2.74. The van der Waals surface area contributed by atoms with Gasteiger partial charge >= 0.3 is 6.03 Å². The molecule has 5 heteroatoms. The third-order valence-electron chi connectivity index (χ3n) is 3.41. The van der Waals surface area contributed by atoms with E-state index in [0.717, 1.165) is 6.42 Å². The number of fused-ring (bicyclic) bond motifs is 1. The van der Waals surface area contributed by atoms with Crippen LogP contribution in [0.3, 0.4) is 0 Å². The summed E-state index contributed by atoms with van der Waals surface area (Å²) in [4.78, 5) is 11.7. The molecule has 0 radical (unpaired) electrons. The van der Waals surface area contributed by atoms with Crippen LogP contribution in [0.15, 0.2) is 42.5 Å². The van der Waals surface area contributed by atoms with Crippen LogP contribution in [-0.4, -0.2) is 34.8 Å². The molecule has 0 fully saturated rings. The van der Waals surface area contributed by atoms with Gasteiger partial charge in [0.15, 0.2) is 0 Å². The van der Waals surface area contributed by atoms with Gasteiger partial charge in [0.05, 0.1) is 0 Å². The zero-order valence-electron chi connectivity index (χ0n) is 13.0. The number of benzene rings is 2. The van der Waals surface area contributed by atoms with Gasteiger partial charge < -0.3 is 10.6 Å². The summed E-state index contributed by atoms with van der Waals surface area (Å²) in [7, 11) is -0.882. The number of urea groups is 1. The molecule has 0 saturated heterocycles. The van der Waals surface area contributed by atoms with Gasteiger partial charge in [-0.2, -0.15) is 0 Å². The summed E-state index contributed by atoms with van der Waals surface area (Å²) in [6.45, 7) is 2.41. The van der Waals surface area contributed by atoms with E-state index in [2.05, 4.69) is 41.0 Å². The predicted molar refractivity (Wildman–Crippen MR) is 92.6 cm³/mol. The van der Waals surface area contributed by atoms with Gasteiger partial charge in [0.1, 0.15) is 0 Å². The van der Waals surface area contributed by atoms with E-state index in [1.807, 2.05) is 19.1 Å². The summed E-state index contributed by atoms with van der Waals surface area (Å²) in [5.74, 6) is 0.479. The summed E-state index contributed by atoms with van der Waals surface area (Å²) < 4.78 is 10.9. The molecule has 0 aromatic heterocycles. The molecule has 0 saturated carbocycles. The molecule has 0 aliphatic heterocycles. The van der Waals surface area contributed by atoms with E-state index < -0.39 is 10.8 Å². The predicted octanol–water partition coefficient (Wildman–Crippen LogP) is 2.45. The maximum atomic E-state index is 11.7. The second kappa shape index (κ2) is 7.94. The Morgan fingerprint density at radius 2 is 1.91 bits per heavy atom. The Kier molecular flexibility index (Phi) is 5.95. The minimum atomic E-state index is -0.882. The van der Waals surface area contributed by atoms with Crippen LogP contribution in [0, 0.1) is 0 Å². The maximum absolute atomic E-state index is 11.7. The Morgan fingerprint density at radius 3 is 2.64 bits per heavy atom. The maximum Gasteiger partial charge on any atom is 0.315 e. The van der Waals surface area contributed by atoms with E-state index in [4.69, 9.17) is 0 Å². The van der Waals surface area contributed by atoms with Crippen LogP contribution in [0.4, 0.5) is 4.79 Å². The number of hydrogen-bond donors (Lipinski definition) is 2. The highest BCUT2D eigenvalue weighted by molar-refractivity contribution is 7.84. The Balaban J connectivity index is 1.86. The topological polar surface area (TPSA) is 58.2 Å². The zero-order chi connectivity index (χ0) is 15.9. The lowest BCUT2D eigenvalue weighted by atomic mass is 10.0. The Labute approximate surface area is 133 Å². The highest BCUT2D eigenvalue weighted by Crippen LogP contribution is 2.16. The molecular formula is C17H22N2O2S. The Bertz CT molecular complexity index is 673. The summed E-state index contributed by atoms with van der Waals surface area (Å²) in [6, 6.07) is 14.4. The van der Waals surface area contributed by atoms with Gasteiger partial charge in [-0.15, -0.1) is 0 Å².